The van der Waals surface area contributed by atoms with Gasteiger partial charge in [-0.05, 0) is 19.3 Å². The van der Waals surface area contributed by atoms with Gasteiger partial charge in [0.05, 0.1) is 13.2 Å². The van der Waals surface area contributed by atoms with Gasteiger partial charge in [-0.2, -0.15) is 0 Å². The number of hydrogen-bond acceptors (Lipinski definition) is 6. The van der Waals surface area contributed by atoms with Gasteiger partial charge in [0.25, 0.3) is 0 Å². The van der Waals surface area contributed by atoms with E-state index in [0.29, 0.717) is 32.5 Å². The van der Waals surface area contributed by atoms with E-state index in [4.69, 9.17) is 19.3 Å². The zero-order chi connectivity index (χ0) is 16.5. The Labute approximate surface area is 133 Å². The van der Waals surface area contributed by atoms with Gasteiger partial charge in [-0.1, -0.05) is 26.2 Å². The van der Waals surface area contributed by atoms with Crippen LogP contribution in [0.4, 0.5) is 0 Å². The summed E-state index contributed by atoms with van der Waals surface area (Å²) in [6, 6.07) is 0. The molecule has 0 bridgehead atoms. The molecule has 6 nitrogen and oxygen atoms in total. The fraction of sp³-hybridized carbons (Fsp3) is 0.875. The third-order valence-corrected chi connectivity index (χ3v) is 3.00. The number of carbonyl (C=O) groups is 2. The topological polar surface area (TPSA) is 82.1 Å². The molecule has 0 rings (SSSR count). The third-order valence-electron chi connectivity index (χ3n) is 3.00. The summed E-state index contributed by atoms with van der Waals surface area (Å²) in [4.78, 5) is 22.6. The largest absolute Gasteiger partial charge is 0.463 e. The Balaban J connectivity index is 3.25. The number of ether oxygens (including phenoxy) is 3. The lowest BCUT2D eigenvalue weighted by atomic mass is 10.2. The second-order valence-electron chi connectivity index (χ2n) is 5.04. The molecule has 22 heavy (non-hydrogen) atoms. The first-order valence-corrected chi connectivity index (χ1v) is 8.20. The Hall–Kier alpha value is -1.14. The van der Waals surface area contributed by atoms with Crippen molar-refractivity contribution in [2.75, 3.05) is 33.0 Å². The Bertz CT molecular complexity index is 280. The Kier molecular flexibility index (Phi) is 15.4. The lowest BCUT2D eigenvalue weighted by molar-refractivity contribution is -0.146. The maximum Gasteiger partial charge on any atom is 0.305 e. The molecule has 0 unspecified atom stereocenters. The minimum Gasteiger partial charge on any atom is -0.463 e. The number of rotatable bonds is 15. The molecule has 0 aliphatic rings. The fourth-order valence-electron chi connectivity index (χ4n) is 1.75. The van der Waals surface area contributed by atoms with Crippen LogP contribution in [0.15, 0.2) is 0 Å². The van der Waals surface area contributed by atoms with Crippen LogP contribution in [0.2, 0.25) is 0 Å². The minimum absolute atomic E-state index is 0.159. The van der Waals surface area contributed by atoms with E-state index >= 15 is 0 Å². The molecule has 0 saturated carbocycles. The lowest BCUT2D eigenvalue weighted by Crippen LogP contribution is -2.14. The van der Waals surface area contributed by atoms with Crippen molar-refractivity contribution in [2.24, 2.45) is 0 Å². The maximum absolute atomic E-state index is 11.3. The van der Waals surface area contributed by atoms with Crippen molar-refractivity contribution < 1.29 is 28.9 Å². The van der Waals surface area contributed by atoms with Crippen molar-refractivity contribution in [2.45, 2.75) is 58.3 Å². The number of esters is 2. The highest BCUT2D eigenvalue weighted by Crippen LogP contribution is 2.01. The summed E-state index contributed by atoms with van der Waals surface area (Å²) >= 11 is 0. The molecule has 1 N–H and O–H groups in total. The molecule has 130 valence electrons. The Morgan fingerprint density at radius 3 is 1.82 bits per heavy atom. The highest BCUT2D eigenvalue weighted by Gasteiger charge is 2.03. The molecule has 0 radical (unpaired) electrons. The zero-order valence-electron chi connectivity index (χ0n) is 13.7. The summed E-state index contributed by atoms with van der Waals surface area (Å²) < 4.78 is 15.2. The van der Waals surface area contributed by atoms with Crippen LogP contribution in [0, 0.1) is 0 Å². The Morgan fingerprint density at radius 2 is 1.32 bits per heavy atom. The molecule has 0 aliphatic carbocycles. The smallest absolute Gasteiger partial charge is 0.305 e. The highest BCUT2D eigenvalue weighted by atomic mass is 16.6. The lowest BCUT2D eigenvalue weighted by Gasteiger charge is -2.07. The first kappa shape index (κ1) is 20.9. The van der Waals surface area contributed by atoms with Gasteiger partial charge in [0, 0.05) is 19.4 Å². The van der Waals surface area contributed by atoms with Gasteiger partial charge in [0.15, 0.2) is 0 Å². The van der Waals surface area contributed by atoms with Crippen LogP contribution in [-0.4, -0.2) is 50.1 Å². The number of carbonyl (C=O) groups excluding carboxylic acids is 2. The van der Waals surface area contributed by atoms with E-state index in [2.05, 4.69) is 6.92 Å². The quantitative estimate of drug-likeness (QED) is 0.368. The minimum atomic E-state index is -0.246. The number of aliphatic hydroxyl groups excluding tert-OH is 1. The van der Waals surface area contributed by atoms with Crippen LogP contribution < -0.4 is 0 Å². The predicted octanol–water partition coefficient (Wildman–Crippen LogP) is 2.22. The summed E-state index contributed by atoms with van der Waals surface area (Å²) in [6.07, 6.45) is 6.09. The van der Waals surface area contributed by atoms with Crippen LogP contribution in [0.3, 0.4) is 0 Å². The van der Waals surface area contributed by atoms with Crippen LogP contribution in [0.5, 0.6) is 0 Å². The van der Waals surface area contributed by atoms with Crippen molar-refractivity contribution in [1.82, 2.24) is 0 Å². The van der Waals surface area contributed by atoms with E-state index in [0.717, 1.165) is 32.1 Å². The average molecular weight is 318 g/mol. The fourth-order valence-corrected chi connectivity index (χ4v) is 1.75. The van der Waals surface area contributed by atoms with Crippen LogP contribution in [0.25, 0.3) is 0 Å². The number of hydrogen-bond donors (Lipinski definition) is 1. The first-order chi connectivity index (χ1) is 10.7. The molecule has 0 atom stereocenters. The molecule has 0 heterocycles. The molecular weight excluding hydrogens is 288 g/mol. The third kappa shape index (κ3) is 15.3. The SMILES string of the molecule is CCCCCC(=O)OCCOCCOC(=O)CCCCCO. The van der Waals surface area contributed by atoms with E-state index < -0.39 is 0 Å². The number of aliphatic hydroxyl groups is 1. The van der Waals surface area contributed by atoms with E-state index in [-0.39, 0.29) is 31.8 Å². The maximum atomic E-state index is 11.3. The van der Waals surface area contributed by atoms with Crippen LogP contribution in [-0.2, 0) is 23.8 Å². The van der Waals surface area contributed by atoms with Gasteiger partial charge in [-0.15, -0.1) is 0 Å². The molecule has 0 amide bonds. The standard InChI is InChI=1S/C16H30O6/c1-2-3-5-8-15(18)21-13-11-20-12-14-22-16(19)9-6-4-7-10-17/h17H,2-14H2,1H3. The van der Waals surface area contributed by atoms with Crippen LogP contribution >= 0.6 is 0 Å². The molecule has 0 aliphatic heterocycles. The first-order valence-electron chi connectivity index (χ1n) is 8.20. The van der Waals surface area contributed by atoms with E-state index in [1.165, 1.54) is 0 Å². The van der Waals surface area contributed by atoms with E-state index in [9.17, 15) is 9.59 Å². The van der Waals surface area contributed by atoms with Crippen molar-refractivity contribution in [3.8, 4) is 0 Å². The predicted molar refractivity (Wildman–Crippen MR) is 82.4 cm³/mol. The molecular formula is C16H30O6. The second kappa shape index (κ2) is 16.2. The van der Waals surface area contributed by atoms with E-state index in [1.807, 2.05) is 0 Å². The van der Waals surface area contributed by atoms with Crippen molar-refractivity contribution in [3.63, 3.8) is 0 Å². The van der Waals surface area contributed by atoms with Gasteiger partial charge in [0.2, 0.25) is 0 Å². The molecule has 0 aromatic carbocycles. The summed E-state index contributed by atoms with van der Waals surface area (Å²) in [5.74, 6) is -0.435. The van der Waals surface area contributed by atoms with Crippen molar-refractivity contribution >= 4 is 11.9 Å². The highest BCUT2D eigenvalue weighted by molar-refractivity contribution is 5.69. The summed E-state index contributed by atoms with van der Waals surface area (Å²) in [5, 5.41) is 8.60. The van der Waals surface area contributed by atoms with Crippen molar-refractivity contribution in [3.05, 3.63) is 0 Å². The summed E-state index contributed by atoms with van der Waals surface area (Å²) in [6.45, 7) is 3.31. The van der Waals surface area contributed by atoms with Gasteiger partial charge in [-0.3, -0.25) is 9.59 Å². The zero-order valence-corrected chi connectivity index (χ0v) is 13.7. The van der Waals surface area contributed by atoms with Crippen LogP contribution in [0.1, 0.15) is 58.3 Å². The average Bonchev–Trinajstić information content (AvgIpc) is 2.51. The normalized spacial score (nSPS) is 10.5. The van der Waals surface area contributed by atoms with Gasteiger partial charge in [0.1, 0.15) is 13.2 Å². The van der Waals surface area contributed by atoms with Gasteiger partial charge < -0.3 is 19.3 Å². The summed E-state index contributed by atoms with van der Waals surface area (Å²) in [7, 11) is 0. The molecule has 0 saturated heterocycles. The van der Waals surface area contributed by atoms with E-state index in [1.54, 1.807) is 0 Å². The molecule has 0 spiro atoms. The second-order valence-corrected chi connectivity index (χ2v) is 5.04. The number of unbranched alkanes of at least 4 members (excludes halogenated alkanes) is 4. The van der Waals surface area contributed by atoms with Crippen molar-refractivity contribution in [1.29, 1.82) is 0 Å². The molecule has 0 fully saturated rings. The van der Waals surface area contributed by atoms with Gasteiger partial charge in [-0.25, -0.2) is 0 Å². The molecule has 6 heteroatoms. The van der Waals surface area contributed by atoms with Gasteiger partial charge >= 0.3 is 11.9 Å². The Morgan fingerprint density at radius 1 is 0.773 bits per heavy atom. The molecule has 0 aromatic heterocycles. The molecule has 0 aromatic rings. The monoisotopic (exact) mass is 318 g/mol. The summed E-state index contributed by atoms with van der Waals surface area (Å²) in [5.41, 5.74) is 0.